The van der Waals surface area contributed by atoms with Gasteiger partial charge in [0, 0.05) is 5.69 Å². The number of fused-ring (bicyclic) bond motifs is 2. The lowest BCUT2D eigenvalue weighted by Crippen LogP contribution is -2.29. The molecule has 0 fully saturated rings. The Hall–Kier alpha value is -4.47. The summed E-state index contributed by atoms with van der Waals surface area (Å²) in [5, 5.41) is 0.234. The molecule has 3 aromatic carbocycles. The number of hydrogen-bond donors (Lipinski definition) is 0. The highest BCUT2D eigenvalue weighted by Gasteiger charge is 2.45. The third-order valence-corrected chi connectivity index (χ3v) is 6.23. The Morgan fingerprint density at radius 2 is 1.54 bits per heavy atom. The van der Waals surface area contributed by atoms with E-state index >= 15 is 0 Å². The van der Waals surface area contributed by atoms with Gasteiger partial charge in [0.2, 0.25) is 11.5 Å². The molecule has 1 unspecified atom stereocenters. The zero-order valence-corrected chi connectivity index (χ0v) is 19.9. The van der Waals surface area contributed by atoms with Gasteiger partial charge in [-0.1, -0.05) is 18.2 Å². The molecule has 0 aliphatic carbocycles. The van der Waals surface area contributed by atoms with Crippen molar-refractivity contribution in [2.45, 2.75) is 12.2 Å². The minimum absolute atomic E-state index is 0.00427. The number of hydrogen-bond acceptors (Lipinski definition) is 6. The van der Waals surface area contributed by atoms with Crippen molar-refractivity contribution in [2.75, 3.05) is 26.2 Å². The molecule has 37 heavy (non-hydrogen) atoms. The number of anilines is 1. The molecule has 0 N–H and O–H groups in total. The number of nitrogens with zero attached hydrogens (tertiary/aromatic N) is 1. The summed E-state index contributed by atoms with van der Waals surface area (Å²) in [6.07, 6.45) is -4.64. The Labute approximate surface area is 208 Å². The maximum absolute atomic E-state index is 13.7. The van der Waals surface area contributed by atoms with E-state index in [-0.39, 0.29) is 45.2 Å². The quantitative estimate of drug-likeness (QED) is 0.348. The summed E-state index contributed by atoms with van der Waals surface area (Å²) in [4.78, 5) is 28.5. The van der Waals surface area contributed by atoms with Crippen molar-refractivity contribution in [1.29, 1.82) is 0 Å². The predicted octanol–water partition coefficient (Wildman–Crippen LogP) is 5.59. The number of alkyl halides is 3. The lowest BCUT2D eigenvalue weighted by molar-refractivity contribution is -0.137. The smallest absolute Gasteiger partial charge is 0.416 e. The molecule has 1 aromatic heterocycles. The molecule has 0 radical (unpaired) electrons. The van der Waals surface area contributed by atoms with E-state index in [1.807, 2.05) is 0 Å². The summed E-state index contributed by atoms with van der Waals surface area (Å²) in [5.74, 6) is -0.246. The summed E-state index contributed by atoms with van der Waals surface area (Å²) in [7, 11) is 4.23. The fourth-order valence-electron chi connectivity index (χ4n) is 4.59. The highest BCUT2D eigenvalue weighted by atomic mass is 19.4. The van der Waals surface area contributed by atoms with E-state index in [0.29, 0.717) is 5.56 Å². The minimum Gasteiger partial charge on any atom is -0.493 e. The van der Waals surface area contributed by atoms with Gasteiger partial charge in [-0.2, -0.15) is 13.2 Å². The van der Waals surface area contributed by atoms with Crippen molar-refractivity contribution in [3.63, 3.8) is 0 Å². The van der Waals surface area contributed by atoms with Crippen LogP contribution in [-0.2, 0) is 6.18 Å². The molecule has 5 rings (SSSR count). The maximum atomic E-state index is 13.7. The van der Waals surface area contributed by atoms with Gasteiger partial charge in [-0.15, -0.1) is 0 Å². The van der Waals surface area contributed by atoms with E-state index in [4.69, 9.17) is 18.6 Å². The Bertz CT molecular complexity index is 1570. The molecule has 0 saturated carbocycles. The lowest BCUT2D eigenvalue weighted by atomic mass is 9.97. The third kappa shape index (κ3) is 3.85. The lowest BCUT2D eigenvalue weighted by Gasteiger charge is -2.27. The van der Waals surface area contributed by atoms with E-state index in [0.717, 1.165) is 17.0 Å². The zero-order valence-electron chi connectivity index (χ0n) is 19.9. The van der Waals surface area contributed by atoms with Gasteiger partial charge in [-0.05, 0) is 48.0 Å². The largest absolute Gasteiger partial charge is 0.493 e. The number of benzene rings is 3. The summed E-state index contributed by atoms with van der Waals surface area (Å²) >= 11 is 0. The third-order valence-electron chi connectivity index (χ3n) is 6.23. The van der Waals surface area contributed by atoms with Crippen LogP contribution in [0.25, 0.3) is 11.0 Å². The van der Waals surface area contributed by atoms with Gasteiger partial charge in [-0.3, -0.25) is 14.5 Å². The number of halogens is 3. The normalized spacial score (nSPS) is 15.1. The fourth-order valence-corrected chi connectivity index (χ4v) is 4.59. The van der Waals surface area contributed by atoms with Crippen molar-refractivity contribution in [1.82, 2.24) is 0 Å². The SMILES string of the molecule is COc1cc(C2c3c(oc4ccccc4c3=O)C(=O)N2c2cccc(C(F)(F)F)c2)cc(OC)c1OC. The second-order valence-electron chi connectivity index (χ2n) is 8.25. The number of ether oxygens (including phenoxy) is 3. The molecular formula is C27H20F3NO6. The summed E-state index contributed by atoms with van der Waals surface area (Å²) in [6, 6.07) is 12.7. The van der Waals surface area contributed by atoms with Crippen molar-refractivity contribution >= 4 is 22.6 Å². The Morgan fingerprint density at radius 1 is 0.865 bits per heavy atom. The topological polar surface area (TPSA) is 78.2 Å². The standard InChI is InChI=1S/C27H20F3NO6/c1-34-19-11-14(12-20(35-2)24(19)36-3)22-21-23(32)17-9-4-5-10-18(17)37-25(21)26(33)31(22)16-8-6-7-15(13-16)27(28,29)30/h4-13,22H,1-3H3. The summed E-state index contributed by atoms with van der Waals surface area (Å²) < 4.78 is 62.8. The van der Waals surface area contributed by atoms with Gasteiger partial charge < -0.3 is 18.6 Å². The van der Waals surface area contributed by atoms with Crippen LogP contribution in [0.3, 0.4) is 0 Å². The summed E-state index contributed by atoms with van der Waals surface area (Å²) in [5.41, 5.74) is -0.945. The minimum atomic E-state index is -4.64. The van der Waals surface area contributed by atoms with Crippen molar-refractivity contribution < 1.29 is 36.6 Å². The van der Waals surface area contributed by atoms with Crippen LogP contribution in [-0.4, -0.2) is 27.2 Å². The highest BCUT2D eigenvalue weighted by Crippen LogP contribution is 2.47. The van der Waals surface area contributed by atoms with Gasteiger partial charge in [0.25, 0.3) is 5.91 Å². The first kappa shape index (κ1) is 24.2. The number of carbonyl (C=O) groups is 1. The average Bonchev–Trinajstić information content (AvgIpc) is 3.19. The Balaban J connectivity index is 1.83. The molecule has 7 nitrogen and oxygen atoms in total. The number of rotatable bonds is 5. The number of amides is 1. The molecule has 1 atom stereocenters. The van der Waals surface area contributed by atoms with Gasteiger partial charge in [-0.25, -0.2) is 0 Å². The molecule has 0 bridgehead atoms. The molecule has 0 saturated heterocycles. The van der Waals surface area contributed by atoms with E-state index in [1.165, 1.54) is 33.5 Å². The first-order valence-corrected chi connectivity index (χ1v) is 11.1. The highest BCUT2D eigenvalue weighted by molar-refractivity contribution is 6.10. The summed E-state index contributed by atoms with van der Waals surface area (Å²) in [6.45, 7) is 0. The molecule has 1 amide bonds. The molecule has 190 valence electrons. The number of para-hydroxylation sites is 1. The van der Waals surface area contributed by atoms with Gasteiger partial charge >= 0.3 is 6.18 Å². The van der Waals surface area contributed by atoms with Gasteiger partial charge in [0.1, 0.15) is 5.58 Å². The molecule has 0 spiro atoms. The number of methoxy groups -OCH3 is 3. The molecule has 4 aromatic rings. The van der Waals surface area contributed by atoms with E-state index in [1.54, 1.807) is 36.4 Å². The second-order valence-corrected chi connectivity index (χ2v) is 8.25. The van der Waals surface area contributed by atoms with E-state index in [9.17, 15) is 22.8 Å². The van der Waals surface area contributed by atoms with E-state index in [2.05, 4.69) is 0 Å². The average molecular weight is 511 g/mol. The van der Waals surface area contributed by atoms with Crippen LogP contribution in [0.2, 0.25) is 0 Å². The van der Waals surface area contributed by atoms with Crippen LogP contribution in [0, 0.1) is 0 Å². The van der Waals surface area contributed by atoms with Gasteiger partial charge in [0.05, 0.1) is 43.9 Å². The molecular weight excluding hydrogens is 491 g/mol. The van der Waals surface area contributed by atoms with Crippen LogP contribution < -0.4 is 24.5 Å². The number of carbonyl (C=O) groups excluding carboxylic acids is 1. The predicted molar refractivity (Wildman–Crippen MR) is 129 cm³/mol. The van der Waals surface area contributed by atoms with Crippen molar-refractivity contribution in [2.24, 2.45) is 0 Å². The van der Waals surface area contributed by atoms with E-state index < -0.39 is 29.1 Å². The zero-order chi connectivity index (χ0) is 26.5. The van der Waals surface area contributed by atoms with Crippen LogP contribution in [0.4, 0.5) is 18.9 Å². The monoisotopic (exact) mass is 511 g/mol. The van der Waals surface area contributed by atoms with Crippen molar-refractivity contribution in [3.05, 3.63) is 93.3 Å². The second kappa shape index (κ2) is 8.88. The first-order valence-electron chi connectivity index (χ1n) is 11.1. The molecule has 1 aliphatic heterocycles. The fraction of sp³-hybridized carbons (Fsp3) is 0.185. The Morgan fingerprint density at radius 3 is 2.16 bits per heavy atom. The Kier molecular flexibility index (Phi) is 5.82. The molecule has 10 heteroatoms. The molecule has 1 aliphatic rings. The van der Waals surface area contributed by atoms with Crippen LogP contribution in [0.5, 0.6) is 17.2 Å². The van der Waals surface area contributed by atoms with Crippen LogP contribution in [0.15, 0.2) is 69.9 Å². The van der Waals surface area contributed by atoms with Crippen molar-refractivity contribution in [3.8, 4) is 17.2 Å². The van der Waals surface area contributed by atoms with Crippen LogP contribution >= 0.6 is 0 Å². The maximum Gasteiger partial charge on any atom is 0.416 e. The molecule has 2 heterocycles. The van der Waals surface area contributed by atoms with Crippen LogP contribution in [0.1, 0.15) is 33.3 Å². The van der Waals surface area contributed by atoms with Gasteiger partial charge in [0.15, 0.2) is 16.9 Å². The first-order chi connectivity index (χ1) is 17.7.